The summed E-state index contributed by atoms with van der Waals surface area (Å²) in [6, 6.07) is 0.247. The van der Waals surface area contributed by atoms with Crippen LogP contribution in [0, 0.1) is 0 Å². The molecular weight excluding hydrogens is 216 g/mol. The minimum absolute atomic E-state index is 0.0861. The molecule has 1 heterocycles. The van der Waals surface area contributed by atoms with Crippen LogP contribution in [0.5, 0.6) is 0 Å². The molecule has 1 unspecified atom stereocenters. The standard InChI is InChI=1S/C12H22N4O/c1-4-5-10(8-13)15-11-12(17)16(9(2)3)7-6-14-11/h6-7,9-10H,4-5,8,13H2,1-3H3,(H,14,15). The van der Waals surface area contributed by atoms with Gasteiger partial charge in [-0.25, -0.2) is 4.98 Å². The van der Waals surface area contributed by atoms with E-state index in [-0.39, 0.29) is 17.6 Å². The lowest BCUT2D eigenvalue weighted by Gasteiger charge is -2.17. The van der Waals surface area contributed by atoms with Gasteiger partial charge in [0.1, 0.15) is 0 Å². The van der Waals surface area contributed by atoms with Gasteiger partial charge in [0.25, 0.3) is 5.56 Å². The van der Waals surface area contributed by atoms with Crippen LogP contribution in [0.1, 0.15) is 39.7 Å². The number of rotatable bonds is 6. The van der Waals surface area contributed by atoms with E-state index in [1.165, 1.54) is 0 Å². The first-order valence-corrected chi connectivity index (χ1v) is 6.13. The number of aromatic nitrogens is 2. The van der Waals surface area contributed by atoms with Crippen molar-refractivity contribution in [3.8, 4) is 0 Å². The zero-order valence-corrected chi connectivity index (χ0v) is 10.8. The molecule has 0 saturated heterocycles. The topological polar surface area (TPSA) is 72.9 Å². The number of hydrogen-bond donors (Lipinski definition) is 2. The van der Waals surface area contributed by atoms with E-state index in [9.17, 15) is 4.79 Å². The second kappa shape index (κ2) is 6.39. The maximum absolute atomic E-state index is 12.1. The molecule has 0 spiro atoms. The normalized spacial score (nSPS) is 12.8. The summed E-state index contributed by atoms with van der Waals surface area (Å²) in [5, 5.41) is 3.12. The maximum atomic E-state index is 12.1. The molecule has 5 nitrogen and oxygen atoms in total. The molecule has 0 aliphatic rings. The summed E-state index contributed by atoms with van der Waals surface area (Å²) < 4.78 is 1.66. The summed E-state index contributed by atoms with van der Waals surface area (Å²) in [7, 11) is 0. The summed E-state index contributed by atoms with van der Waals surface area (Å²) in [5.41, 5.74) is 5.57. The van der Waals surface area contributed by atoms with Crippen LogP contribution in [0.2, 0.25) is 0 Å². The van der Waals surface area contributed by atoms with Gasteiger partial charge in [0.2, 0.25) is 0 Å². The fourth-order valence-corrected chi connectivity index (χ4v) is 1.72. The lowest BCUT2D eigenvalue weighted by atomic mass is 10.2. The van der Waals surface area contributed by atoms with E-state index in [0.29, 0.717) is 12.4 Å². The maximum Gasteiger partial charge on any atom is 0.293 e. The molecule has 0 bridgehead atoms. The van der Waals surface area contributed by atoms with Gasteiger partial charge < -0.3 is 15.6 Å². The summed E-state index contributed by atoms with van der Waals surface area (Å²) in [6.07, 6.45) is 5.31. The third-order valence-corrected chi connectivity index (χ3v) is 2.69. The third-order valence-electron chi connectivity index (χ3n) is 2.69. The largest absolute Gasteiger partial charge is 0.361 e. The van der Waals surface area contributed by atoms with Gasteiger partial charge >= 0.3 is 0 Å². The molecule has 0 aromatic carbocycles. The Bertz CT molecular complexity index is 400. The van der Waals surface area contributed by atoms with Crippen LogP contribution in [0.3, 0.4) is 0 Å². The quantitative estimate of drug-likeness (QED) is 0.785. The summed E-state index contributed by atoms with van der Waals surface area (Å²) >= 11 is 0. The fourth-order valence-electron chi connectivity index (χ4n) is 1.72. The molecule has 0 aliphatic heterocycles. The molecular formula is C12H22N4O. The van der Waals surface area contributed by atoms with Crippen molar-refractivity contribution in [2.75, 3.05) is 11.9 Å². The van der Waals surface area contributed by atoms with Crippen molar-refractivity contribution in [1.82, 2.24) is 9.55 Å². The second-order valence-corrected chi connectivity index (χ2v) is 4.45. The number of nitrogens with two attached hydrogens (primary N) is 1. The first-order valence-electron chi connectivity index (χ1n) is 6.13. The van der Waals surface area contributed by atoms with E-state index in [1.807, 2.05) is 13.8 Å². The van der Waals surface area contributed by atoms with Gasteiger partial charge in [-0.3, -0.25) is 4.79 Å². The lowest BCUT2D eigenvalue weighted by Crippen LogP contribution is -2.34. The van der Waals surface area contributed by atoms with Crippen LogP contribution < -0.4 is 16.6 Å². The van der Waals surface area contributed by atoms with Gasteiger partial charge in [-0.2, -0.15) is 0 Å². The van der Waals surface area contributed by atoms with Crippen molar-refractivity contribution in [1.29, 1.82) is 0 Å². The Morgan fingerprint density at radius 2 is 2.24 bits per heavy atom. The zero-order chi connectivity index (χ0) is 12.8. The Balaban J connectivity index is 2.91. The van der Waals surface area contributed by atoms with Crippen LogP contribution in [-0.4, -0.2) is 22.1 Å². The average molecular weight is 238 g/mol. The van der Waals surface area contributed by atoms with E-state index in [1.54, 1.807) is 17.0 Å². The predicted octanol–water partition coefficient (Wildman–Crippen LogP) is 1.36. The SMILES string of the molecule is CCCC(CN)Nc1nccn(C(C)C)c1=O. The van der Waals surface area contributed by atoms with Gasteiger partial charge in [-0.15, -0.1) is 0 Å². The number of nitrogens with one attached hydrogen (secondary N) is 1. The molecule has 1 aromatic heterocycles. The smallest absolute Gasteiger partial charge is 0.293 e. The molecule has 1 rings (SSSR count). The highest BCUT2D eigenvalue weighted by molar-refractivity contribution is 5.32. The Morgan fingerprint density at radius 1 is 1.53 bits per heavy atom. The van der Waals surface area contributed by atoms with Gasteiger partial charge in [-0.05, 0) is 20.3 Å². The van der Waals surface area contributed by atoms with Crippen molar-refractivity contribution in [3.63, 3.8) is 0 Å². The van der Waals surface area contributed by atoms with Crippen molar-refractivity contribution < 1.29 is 0 Å². The molecule has 96 valence electrons. The van der Waals surface area contributed by atoms with Gasteiger partial charge in [-0.1, -0.05) is 13.3 Å². The minimum atomic E-state index is -0.0861. The van der Waals surface area contributed by atoms with Gasteiger partial charge in [0.05, 0.1) is 0 Å². The number of anilines is 1. The second-order valence-electron chi connectivity index (χ2n) is 4.45. The molecule has 0 aliphatic carbocycles. The zero-order valence-electron chi connectivity index (χ0n) is 10.8. The molecule has 5 heteroatoms. The van der Waals surface area contributed by atoms with Gasteiger partial charge in [0.15, 0.2) is 5.82 Å². The first-order chi connectivity index (χ1) is 8.10. The van der Waals surface area contributed by atoms with Crippen LogP contribution in [0.4, 0.5) is 5.82 Å². The van der Waals surface area contributed by atoms with Crippen molar-refractivity contribution in [2.45, 2.75) is 45.7 Å². The predicted molar refractivity (Wildman–Crippen MR) is 70.3 cm³/mol. The molecule has 0 amide bonds. The van der Waals surface area contributed by atoms with Crippen LogP contribution >= 0.6 is 0 Å². The van der Waals surface area contributed by atoms with E-state index in [0.717, 1.165) is 12.8 Å². The van der Waals surface area contributed by atoms with Crippen molar-refractivity contribution >= 4 is 5.82 Å². The molecule has 0 fully saturated rings. The Labute approximate surface area is 102 Å². The average Bonchev–Trinajstić information content (AvgIpc) is 2.30. The molecule has 0 radical (unpaired) electrons. The highest BCUT2D eigenvalue weighted by Crippen LogP contribution is 2.05. The molecule has 17 heavy (non-hydrogen) atoms. The Hall–Kier alpha value is -1.36. The first kappa shape index (κ1) is 13.7. The molecule has 3 N–H and O–H groups in total. The third kappa shape index (κ3) is 3.56. The molecule has 1 aromatic rings. The molecule has 1 atom stereocenters. The van der Waals surface area contributed by atoms with Crippen LogP contribution in [0.15, 0.2) is 17.2 Å². The van der Waals surface area contributed by atoms with Crippen molar-refractivity contribution in [2.24, 2.45) is 5.73 Å². The van der Waals surface area contributed by atoms with Crippen molar-refractivity contribution in [3.05, 3.63) is 22.7 Å². The van der Waals surface area contributed by atoms with Crippen LogP contribution in [-0.2, 0) is 0 Å². The van der Waals surface area contributed by atoms with Crippen LogP contribution in [0.25, 0.3) is 0 Å². The monoisotopic (exact) mass is 238 g/mol. The molecule has 0 saturated carbocycles. The fraction of sp³-hybridized carbons (Fsp3) is 0.667. The summed E-state index contributed by atoms with van der Waals surface area (Å²) in [5.74, 6) is 0.394. The summed E-state index contributed by atoms with van der Waals surface area (Å²) in [6.45, 7) is 6.54. The highest BCUT2D eigenvalue weighted by Gasteiger charge is 2.11. The van der Waals surface area contributed by atoms with E-state index >= 15 is 0 Å². The van der Waals surface area contributed by atoms with E-state index in [2.05, 4.69) is 17.2 Å². The Kier molecular flexibility index (Phi) is 5.15. The van der Waals surface area contributed by atoms with E-state index in [4.69, 9.17) is 5.73 Å². The van der Waals surface area contributed by atoms with E-state index < -0.39 is 0 Å². The summed E-state index contributed by atoms with van der Waals surface area (Å²) in [4.78, 5) is 16.2. The number of hydrogen-bond acceptors (Lipinski definition) is 4. The Morgan fingerprint density at radius 3 is 2.76 bits per heavy atom. The number of nitrogens with zero attached hydrogens (tertiary/aromatic N) is 2. The highest BCUT2D eigenvalue weighted by atomic mass is 16.1. The minimum Gasteiger partial charge on any atom is -0.361 e. The lowest BCUT2D eigenvalue weighted by molar-refractivity contribution is 0.571. The van der Waals surface area contributed by atoms with Gasteiger partial charge in [0, 0.05) is 31.0 Å².